The maximum atomic E-state index is 13.4. The second-order valence-corrected chi connectivity index (χ2v) is 8.74. The standard InChI is InChI=1S/C22H31N3O5/c1-22(2,3)30-21(28)25-12-8-11-24(13-14-25)20(27)19-18(16-9-6-5-7-10-16)23(4)17(26)15-29-19/h5-7,9-10,18-19H,8,11-15H2,1-4H3. The van der Waals surface area contributed by atoms with E-state index in [1.54, 1.807) is 21.7 Å². The average Bonchev–Trinajstić information content (AvgIpc) is 2.95. The second kappa shape index (κ2) is 9.04. The summed E-state index contributed by atoms with van der Waals surface area (Å²) in [6, 6.07) is 8.98. The van der Waals surface area contributed by atoms with Gasteiger partial charge in [0.05, 0.1) is 6.04 Å². The topological polar surface area (TPSA) is 79.4 Å². The summed E-state index contributed by atoms with van der Waals surface area (Å²) >= 11 is 0. The molecular weight excluding hydrogens is 386 g/mol. The highest BCUT2D eigenvalue weighted by atomic mass is 16.6. The van der Waals surface area contributed by atoms with E-state index in [4.69, 9.17) is 9.47 Å². The Labute approximate surface area is 177 Å². The number of morpholine rings is 1. The summed E-state index contributed by atoms with van der Waals surface area (Å²) in [7, 11) is 1.70. The average molecular weight is 418 g/mol. The van der Waals surface area contributed by atoms with Gasteiger partial charge >= 0.3 is 6.09 Å². The Morgan fingerprint density at radius 1 is 1.03 bits per heavy atom. The molecule has 30 heavy (non-hydrogen) atoms. The van der Waals surface area contributed by atoms with E-state index in [9.17, 15) is 14.4 Å². The summed E-state index contributed by atoms with van der Waals surface area (Å²) in [5, 5.41) is 0. The van der Waals surface area contributed by atoms with Crippen LogP contribution in [0.15, 0.2) is 30.3 Å². The number of benzene rings is 1. The van der Waals surface area contributed by atoms with Crippen LogP contribution >= 0.6 is 0 Å². The minimum atomic E-state index is -0.775. The van der Waals surface area contributed by atoms with E-state index < -0.39 is 17.7 Å². The van der Waals surface area contributed by atoms with Crippen LogP contribution in [0.4, 0.5) is 4.79 Å². The molecule has 0 aromatic heterocycles. The Balaban J connectivity index is 1.71. The van der Waals surface area contributed by atoms with E-state index in [0.29, 0.717) is 32.6 Å². The van der Waals surface area contributed by atoms with E-state index in [-0.39, 0.29) is 24.5 Å². The van der Waals surface area contributed by atoms with Gasteiger partial charge in [-0.25, -0.2) is 4.79 Å². The summed E-state index contributed by atoms with van der Waals surface area (Å²) in [4.78, 5) is 43.0. The van der Waals surface area contributed by atoms with Gasteiger partial charge in [0, 0.05) is 33.2 Å². The molecule has 2 aliphatic heterocycles. The van der Waals surface area contributed by atoms with Gasteiger partial charge in [0.25, 0.3) is 5.91 Å². The van der Waals surface area contributed by atoms with Gasteiger partial charge in [0.15, 0.2) is 6.10 Å². The van der Waals surface area contributed by atoms with Gasteiger partial charge in [-0.15, -0.1) is 0 Å². The van der Waals surface area contributed by atoms with Crippen molar-refractivity contribution in [3.05, 3.63) is 35.9 Å². The van der Waals surface area contributed by atoms with Gasteiger partial charge in [0.1, 0.15) is 12.2 Å². The van der Waals surface area contributed by atoms with Crippen molar-refractivity contribution in [2.75, 3.05) is 39.8 Å². The largest absolute Gasteiger partial charge is 0.444 e. The zero-order valence-corrected chi connectivity index (χ0v) is 18.2. The molecular formula is C22H31N3O5. The van der Waals surface area contributed by atoms with Crippen LogP contribution in [-0.4, -0.2) is 84.1 Å². The molecule has 2 saturated heterocycles. The molecule has 164 valence electrons. The van der Waals surface area contributed by atoms with E-state index in [1.807, 2.05) is 51.1 Å². The first-order chi connectivity index (χ1) is 14.2. The third kappa shape index (κ3) is 5.11. The lowest BCUT2D eigenvalue weighted by molar-refractivity contribution is -0.167. The lowest BCUT2D eigenvalue weighted by Gasteiger charge is -2.40. The maximum absolute atomic E-state index is 13.4. The van der Waals surface area contributed by atoms with Gasteiger partial charge in [-0.05, 0) is 32.8 Å². The molecule has 0 aliphatic carbocycles. The number of amides is 3. The van der Waals surface area contributed by atoms with E-state index in [2.05, 4.69) is 0 Å². The molecule has 2 aliphatic rings. The minimum Gasteiger partial charge on any atom is -0.444 e. The van der Waals surface area contributed by atoms with Crippen LogP contribution in [0, 0.1) is 0 Å². The number of likely N-dealkylation sites (N-methyl/N-ethyl adjacent to an activating group) is 1. The van der Waals surface area contributed by atoms with Crippen molar-refractivity contribution in [3.8, 4) is 0 Å². The van der Waals surface area contributed by atoms with Gasteiger partial charge in [-0.1, -0.05) is 30.3 Å². The van der Waals surface area contributed by atoms with Crippen molar-refractivity contribution >= 4 is 17.9 Å². The Bertz CT molecular complexity index is 777. The van der Waals surface area contributed by atoms with Crippen LogP contribution in [0.25, 0.3) is 0 Å². The SMILES string of the molecule is CN1C(=O)COC(C(=O)N2CCCN(C(=O)OC(C)(C)C)CC2)C1c1ccccc1. The van der Waals surface area contributed by atoms with E-state index in [0.717, 1.165) is 5.56 Å². The normalized spacial score (nSPS) is 23.2. The highest BCUT2D eigenvalue weighted by Gasteiger charge is 2.42. The van der Waals surface area contributed by atoms with Crippen LogP contribution in [0.3, 0.4) is 0 Å². The molecule has 2 atom stereocenters. The Hall–Kier alpha value is -2.61. The Kier molecular flexibility index (Phi) is 6.65. The third-order valence-corrected chi connectivity index (χ3v) is 5.33. The summed E-state index contributed by atoms with van der Waals surface area (Å²) in [5.74, 6) is -0.311. The number of carbonyl (C=O) groups excluding carboxylic acids is 3. The van der Waals surface area contributed by atoms with Crippen molar-refractivity contribution in [2.24, 2.45) is 0 Å². The molecule has 8 nitrogen and oxygen atoms in total. The lowest BCUT2D eigenvalue weighted by atomic mass is 9.97. The molecule has 8 heteroatoms. The predicted molar refractivity (Wildman–Crippen MR) is 111 cm³/mol. The second-order valence-electron chi connectivity index (χ2n) is 8.74. The zero-order chi connectivity index (χ0) is 21.9. The molecule has 0 saturated carbocycles. The quantitative estimate of drug-likeness (QED) is 0.736. The van der Waals surface area contributed by atoms with Crippen LogP contribution < -0.4 is 0 Å². The number of rotatable bonds is 2. The number of hydrogen-bond donors (Lipinski definition) is 0. The zero-order valence-electron chi connectivity index (χ0n) is 18.2. The predicted octanol–water partition coefficient (Wildman–Crippen LogP) is 2.05. The van der Waals surface area contributed by atoms with Crippen molar-refractivity contribution in [2.45, 2.75) is 44.9 Å². The summed E-state index contributed by atoms with van der Waals surface area (Å²) < 4.78 is 11.2. The number of carbonyl (C=O) groups is 3. The van der Waals surface area contributed by atoms with Crippen LogP contribution in [0.1, 0.15) is 38.8 Å². The van der Waals surface area contributed by atoms with E-state index >= 15 is 0 Å². The molecule has 0 bridgehead atoms. The monoisotopic (exact) mass is 417 g/mol. The molecule has 3 amide bonds. The fraction of sp³-hybridized carbons (Fsp3) is 0.591. The lowest BCUT2D eigenvalue weighted by Crippen LogP contribution is -2.54. The first-order valence-corrected chi connectivity index (χ1v) is 10.4. The highest BCUT2D eigenvalue weighted by Crippen LogP contribution is 2.30. The Morgan fingerprint density at radius 3 is 2.33 bits per heavy atom. The molecule has 0 spiro atoms. The molecule has 1 aromatic rings. The third-order valence-electron chi connectivity index (χ3n) is 5.33. The minimum absolute atomic E-state index is 0.117. The van der Waals surface area contributed by atoms with Gasteiger partial charge in [0.2, 0.25) is 5.91 Å². The highest BCUT2D eigenvalue weighted by molar-refractivity contribution is 5.86. The van der Waals surface area contributed by atoms with Crippen molar-refractivity contribution in [1.82, 2.24) is 14.7 Å². The van der Waals surface area contributed by atoms with Crippen LogP contribution in [0.2, 0.25) is 0 Å². The van der Waals surface area contributed by atoms with Crippen molar-refractivity contribution in [3.63, 3.8) is 0 Å². The molecule has 2 heterocycles. The van der Waals surface area contributed by atoms with Gasteiger partial charge < -0.3 is 24.2 Å². The summed E-state index contributed by atoms with van der Waals surface area (Å²) in [6.07, 6.45) is -0.482. The number of hydrogen-bond acceptors (Lipinski definition) is 5. The fourth-order valence-corrected chi connectivity index (χ4v) is 3.79. The fourth-order valence-electron chi connectivity index (χ4n) is 3.79. The van der Waals surface area contributed by atoms with Crippen molar-refractivity contribution in [1.29, 1.82) is 0 Å². The smallest absolute Gasteiger partial charge is 0.410 e. The molecule has 0 N–H and O–H groups in total. The number of ether oxygens (including phenoxy) is 2. The first kappa shape index (κ1) is 22.1. The Morgan fingerprint density at radius 2 is 1.67 bits per heavy atom. The molecule has 1 aromatic carbocycles. The number of nitrogens with zero attached hydrogens (tertiary/aromatic N) is 3. The van der Waals surface area contributed by atoms with Gasteiger partial charge in [-0.2, -0.15) is 0 Å². The van der Waals surface area contributed by atoms with Crippen LogP contribution in [0.5, 0.6) is 0 Å². The van der Waals surface area contributed by atoms with E-state index in [1.165, 1.54) is 0 Å². The molecule has 2 fully saturated rings. The maximum Gasteiger partial charge on any atom is 0.410 e. The van der Waals surface area contributed by atoms with Crippen LogP contribution in [-0.2, 0) is 19.1 Å². The first-order valence-electron chi connectivity index (χ1n) is 10.4. The summed E-state index contributed by atoms with van der Waals surface area (Å²) in [6.45, 7) is 7.24. The summed E-state index contributed by atoms with van der Waals surface area (Å²) in [5.41, 5.74) is 0.297. The van der Waals surface area contributed by atoms with Gasteiger partial charge in [-0.3, -0.25) is 9.59 Å². The van der Waals surface area contributed by atoms with Crippen molar-refractivity contribution < 1.29 is 23.9 Å². The molecule has 2 unspecified atom stereocenters. The molecule has 0 radical (unpaired) electrons. The molecule has 3 rings (SSSR count).